The average Bonchev–Trinajstić information content (AvgIpc) is 3.57. The van der Waals surface area contributed by atoms with Crippen LogP contribution in [0, 0.1) is 18.8 Å². The zero-order valence-electron chi connectivity index (χ0n) is 20.4. The molecule has 7 rings (SSSR count). The van der Waals surface area contributed by atoms with Gasteiger partial charge in [0.2, 0.25) is 5.91 Å². The minimum absolute atomic E-state index is 0.0459. The number of aromatic nitrogens is 3. The minimum Gasteiger partial charge on any atom is -0.340 e. The van der Waals surface area contributed by atoms with E-state index in [9.17, 15) is 9.59 Å². The summed E-state index contributed by atoms with van der Waals surface area (Å²) in [4.78, 5) is 41.1. The lowest BCUT2D eigenvalue weighted by Gasteiger charge is -2.20. The second-order valence-corrected chi connectivity index (χ2v) is 10.4. The predicted molar refractivity (Wildman–Crippen MR) is 140 cm³/mol. The van der Waals surface area contributed by atoms with Crippen LogP contribution in [0.2, 0.25) is 0 Å². The maximum absolute atomic E-state index is 13.3. The number of rotatable bonds is 3. The summed E-state index contributed by atoms with van der Waals surface area (Å²) in [6, 6.07) is 11.9. The van der Waals surface area contributed by atoms with Crippen LogP contribution in [0.1, 0.15) is 40.0 Å². The third-order valence-corrected chi connectivity index (χ3v) is 8.16. The molecule has 3 unspecified atom stereocenters. The number of hydrogen-bond donors (Lipinski definition) is 2. The van der Waals surface area contributed by atoms with Gasteiger partial charge in [-0.05, 0) is 67.4 Å². The van der Waals surface area contributed by atoms with Gasteiger partial charge in [-0.3, -0.25) is 9.59 Å². The van der Waals surface area contributed by atoms with E-state index >= 15 is 0 Å². The molecule has 3 aromatic rings. The van der Waals surface area contributed by atoms with E-state index in [1.807, 2.05) is 25.1 Å². The van der Waals surface area contributed by atoms with Crippen LogP contribution >= 0.6 is 0 Å². The van der Waals surface area contributed by atoms with Crippen molar-refractivity contribution in [2.75, 3.05) is 22.1 Å². The van der Waals surface area contributed by atoms with Crippen LogP contribution in [0.3, 0.4) is 0 Å². The van der Waals surface area contributed by atoms with Crippen molar-refractivity contribution >= 4 is 29.1 Å². The van der Waals surface area contributed by atoms with Crippen molar-refractivity contribution in [2.45, 2.75) is 31.6 Å². The standard InChI is InChI=1S/C29H26N6O2/c1-17-4-5-18-8-10-35(24(18)11-17)27(36)23-13-25(32-16-31-23)33-21-7-6-19-14-29(15-20(19)12-21)22-3-2-9-30-26(22)34-28(29)37/h2-7,9,11-13,16,19-20H,8,10,14-15H2,1H3,(H,30,34,37)(H,31,32,33). The summed E-state index contributed by atoms with van der Waals surface area (Å²) < 4.78 is 0. The fourth-order valence-electron chi connectivity index (χ4n) is 6.36. The van der Waals surface area contributed by atoms with Gasteiger partial charge in [0.25, 0.3) is 5.91 Å². The maximum Gasteiger partial charge on any atom is 0.277 e. The zero-order valence-corrected chi connectivity index (χ0v) is 20.4. The first-order valence-corrected chi connectivity index (χ1v) is 12.7. The molecule has 0 saturated heterocycles. The number of hydrogen-bond acceptors (Lipinski definition) is 6. The Bertz CT molecular complexity index is 1530. The van der Waals surface area contributed by atoms with Crippen LogP contribution < -0.4 is 15.5 Å². The summed E-state index contributed by atoms with van der Waals surface area (Å²) >= 11 is 0. The predicted octanol–water partition coefficient (Wildman–Crippen LogP) is 4.16. The van der Waals surface area contributed by atoms with Gasteiger partial charge in [-0.15, -0.1) is 0 Å². The number of allylic oxidation sites excluding steroid dienone is 3. The molecule has 2 amide bonds. The van der Waals surface area contributed by atoms with E-state index in [1.165, 1.54) is 11.9 Å². The third-order valence-electron chi connectivity index (χ3n) is 8.16. The molecule has 1 fully saturated rings. The highest BCUT2D eigenvalue weighted by Gasteiger charge is 2.54. The summed E-state index contributed by atoms with van der Waals surface area (Å²) in [6.07, 6.45) is 11.9. The molecule has 3 atom stereocenters. The molecule has 1 aromatic carbocycles. The van der Waals surface area contributed by atoms with E-state index < -0.39 is 5.41 Å². The summed E-state index contributed by atoms with van der Waals surface area (Å²) in [5, 5.41) is 6.33. The van der Waals surface area contributed by atoms with Crippen LogP contribution in [0.15, 0.2) is 72.8 Å². The van der Waals surface area contributed by atoms with Crippen molar-refractivity contribution in [2.24, 2.45) is 11.8 Å². The Morgan fingerprint density at radius 1 is 1.14 bits per heavy atom. The Labute approximate surface area is 214 Å². The molecule has 2 N–H and O–H groups in total. The second kappa shape index (κ2) is 8.09. The van der Waals surface area contributed by atoms with Gasteiger partial charge in [0, 0.05) is 35.8 Å². The molecule has 8 nitrogen and oxygen atoms in total. The third kappa shape index (κ3) is 3.47. The summed E-state index contributed by atoms with van der Waals surface area (Å²) in [5.74, 6) is 1.67. The number of amides is 2. The quantitative estimate of drug-likeness (QED) is 0.572. The van der Waals surface area contributed by atoms with Crippen molar-refractivity contribution in [1.82, 2.24) is 15.0 Å². The first-order valence-electron chi connectivity index (χ1n) is 12.7. The van der Waals surface area contributed by atoms with E-state index in [0.717, 1.165) is 41.8 Å². The van der Waals surface area contributed by atoms with Gasteiger partial charge in [0.05, 0.1) is 5.41 Å². The van der Waals surface area contributed by atoms with Gasteiger partial charge in [-0.25, -0.2) is 15.0 Å². The van der Waals surface area contributed by atoms with E-state index in [2.05, 4.69) is 55.9 Å². The van der Waals surface area contributed by atoms with E-state index in [4.69, 9.17) is 0 Å². The topological polar surface area (TPSA) is 100 Å². The number of nitrogens with one attached hydrogen (secondary N) is 2. The first kappa shape index (κ1) is 21.9. The Morgan fingerprint density at radius 3 is 2.95 bits per heavy atom. The van der Waals surface area contributed by atoms with E-state index in [0.29, 0.717) is 23.9 Å². The lowest BCUT2D eigenvalue weighted by Crippen LogP contribution is -2.31. The Hall–Kier alpha value is -4.33. The lowest BCUT2D eigenvalue weighted by atomic mass is 9.79. The summed E-state index contributed by atoms with van der Waals surface area (Å²) in [6.45, 7) is 2.68. The van der Waals surface area contributed by atoms with Crippen LogP contribution in [0.4, 0.5) is 17.3 Å². The molecule has 0 radical (unpaired) electrons. The van der Waals surface area contributed by atoms with E-state index in [1.54, 1.807) is 17.2 Å². The Morgan fingerprint density at radius 2 is 2.03 bits per heavy atom. The number of carbonyl (C=O) groups excluding carboxylic acids is 2. The van der Waals surface area contributed by atoms with E-state index in [-0.39, 0.29) is 23.7 Å². The molecule has 2 aliphatic carbocycles. The van der Waals surface area contributed by atoms with Crippen LogP contribution in [-0.4, -0.2) is 33.3 Å². The molecule has 2 aliphatic heterocycles. The van der Waals surface area contributed by atoms with Gasteiger partial charge >= 0.3 is 0 Å². The first-order chi connectivity index (χ1) is 18.0. The van der Waals surface area contributed by atoms with Gasteiger partial charge < -0.3 is 15.5 Å². The number of nitrogens with zero attached hydrogens (tertiary/aromatic N) is 4. The molecule has 4 heterocycles. The number of carbonyl (C=O) groups is 2. The number of anilines is 3. The highest BCUT2D eigenvalue weighted by Crippen LogP contribution is 2.54. The molecule has 1 spiro atoms. The van der Waals surface area contributed by atoms with Crippen LogP contribution in [-0.2, 0) is 16.6 Å². The Kier molecular flexibility index (Phi) is 4.79. The maximum atomic E-state index is 13.3. The molecule has 8 heteroatoms. The number of fused-ring (bicyclic) bond motifs is 4. The molecular weight excluding hydrogens is 464 g/mol. The number of aryl methyl sites for hydroxylation is 1. The van der Waals surface area contributed by atoms with Gasteiger partial charge in [-0.1, -0.05) is 30.4 Å². The molecule has 184 valence electrons. The highest BCUT2D eigenvalue weighted by atomic mass is 16.2. The van der Waals surface area contributed by atoms with Crippen molar-refractivity contribution in [3.8, 4) is 0 Å². The monoisotopic (exact) mass is 490 g/mol. The lowest BCUT2D eigenvalue weighted by molar-refractivity contribution is -0.120. The molecule has 0 bridgehead atoms. The summed E-state index contributed by atoms with van der Waals surface area (Å²) in [5.41, 5.74) is 5.00. The fraction of sp³-hybridized carbons (Fsp3) is 0.276. The van der Waals surface area contributed by atoms with Gasteiger partial charge in [0.15, 0.2) is 0 Å². The van der Waals surface area contributed by atoms with Crippen molar-refractivity contribution in [3.63, 3.8) is 0 Å². The van der Waals surface area contributed by atoms with Crippen molar-refractivity contribution in [1.29, 1.82) is 0 Å². The highest BCUT2D eigenvalue weighted by molar-refractivity contribution is 6.06. The van der Waals surface area contributed by atoms with Gasteiger partial charge in [0.1, 0.15) is 23.7 Å². The SMILES string of the molecule is Cc1ccc2c(c1)N(C(=O)c1cc(NC3=CC4CC5(CC4C=C3)C(=O)Nc3ncccc35)ncn1)CC2. The van der Waals surface area contributed by atoms with Crippen LogP contribution in [0.5, 0.6) is 0 Å². The average molecular weight is 491 g/mol. The largest absolute Gasteiger partial charge is 0.340 e. The molecule has 1 saturated carbocycles. The normalized spacial score (nSPS) is 24.9. The fourth-order valence-corrected chi connectivity index (χ4v) is 6.36. The van der Waals surface area contributed by atoms with Gasteiger partial charge in [-0.2, -0.15) is 0 Å². The number of benzene rings is 1. The van der Waals surface area contributed by atoms with Crippen LogP contribution in [0.25, 0.3) is 0 Å². The van der Waals surface area contributed by atoms with Crippen molar-refractivity contribution < 1.29 is 9.59 Å². The molecule has 37 heavy (non-hydrogen) atoms. The summed E-state index contributed by atoms with van der Waals surface area (Å²) in [7, 11) is 0. The molecular formula is C29H26N6O2. The molecule has 4 aliphatic rings. The van der Waals surface area contributed by atoms with Crippen molar-refractivity contribution in [3.05, 3.63) is 95.2 Å². The smallest absolute Gasteiger partial charge is 0.277 e. The Balaban J connectivity index is 1.10. The zero-order chi connectivity index (χ0) is 25.1. The number of pyridine rings is 1. The minimum atomic E-state index is -0.534. The second-order valence-electron chi connectivity index (χ2n) is 10.4. The molecule has 2 aromatic heterocycles.